The Bertz CT molecular complexity index is 652. The van der Waals surface area contributed by atoms with Crippen molar-refractivity contribution in [2.24, 2.45) is 5.41 Å². The quantitative estimate of drug-likeness (QED) is 0.287. The molecule has 0 saturated heterocycles. The molecule has 0 saturated carbocycles. The van der Waals surface area contributed by atoms with Crippen molar-refractivity contribution in [3.8, 4) is 0 Å². The third kappa shape index (κ3) is 8.73. The van der Waals surface area contributed by atoms with Crippen molar-refractivity contribution >= 4 is 5.97 Å². The highest BCUT2D eigenvalue weighted by atomic mass is 16.4. The molecule has 1 N–H and O–H groups in total. The molecule has 0 unspecified atom stereocenters. The van der Waals surface area contributed by atoms with Crippen molar-refractivity contribution in [3.63, 3.8) is 0 Å². The van der Waals surface area contributed by atoms with Gasteiger partial charge in [-0.2, -0.15) is 0 Å². The molecule has 0 atom stereocenters. The summed E-state index contributed by atoms with van der Waals surface area (Å²) in [5.41, 5.74) is 1.49. The predicted molar refractivity (Wildman–Crippen MR) is 127 cm³/mol. The summed E-state index contributed by atoms with van der Waals surface area (Å²) in [4.78, 5) is 12.5. The summed E-state index contributed by atoms with van der Waals surface area (Å²) in [7, 11) is 0. The van der Waals surface area contributed by atoms with E-state index >= 15 is 0 Å². The molecule has 30 heavy (non-hydrogen) atoms. The van der Waals surface area contributed by atoms with Crippen LogP contribution in [0.3, 0.4) is 0 Å². The number of benzene rings is 2. The van der Waals surface area contributed by atoms with Gasteiger partial charge in [-0.3, -0.25) is 4.79 Å². The average molecular weight is 409 g/mol. The molecular formula is C28H40O2. The first-order valence-electron chi connectivity index (χ1n) is 12.0. The number of hydrogen-bond donors (Lipinski definition) is 1. The Balaban J connectivity index is 1.90. The lowest BCUT2D eigenvalue weighted by Gasteiger charge is -2.30. The molecule has 2 rings (SSSR count). The third-order valence-electron chi connectivity index (χ3n) is 6.23. The number of rotatable bonds is 16. The van der Waals surface area contributed by atoms with Crippen LogP contribution in [-0.4, -0.2) is 11.1 Å². The van der Waals surface area contributed by atoms with Gasteiger partial charge in [0.2, 0.25) is 0 Å². The molecule has 2 nitrogen and oxygen atoms in total. The summed E-state index contributed by atoms with van der Waals surface area (Å²) in [6, 6.07) is 20.2. The smallest absolute Gasteiger partial charge is 0.310 e. The lowest BCUT2D eigenvalue weighted by molar-refractivity contribution is -0.149. The molecule has 0 aliphatic carbocycles. The van der Waals surface area contributed by atoms with Gasteiger partial charge in [-0.05, 0) is 30.4 Å². The average Bonchev–Trinajstić information content (AvgIpc) is 2.76. The van der Waals surface area contributed by atoms with Crippen molar-refractivity contribution in [3.05, 3.63) is 71.8 Å². The minimum absolute atomic E-state index is 0.593. The lowest BCUT2D eigenvalue weighted by atomic mass is 9.73. The molecule has 0 aromatic heterocycles. The van der Waals surface area contributed by atoms with Gasteiger partial charge in [-0.1, -0.05) is 132 Å². The van der Waals surface area contributed by atoms with Crippen molar-refractivity contribution < 1.29 is 9.90 Å². The normalized spacial score (nSPS) is 11.5. The van der Waals surface area contributed by atoms with Gasteiger partial charge in [0, 0.05) is 0 Å². The fourth-order valence-corrected chi connectivity index (χ4v) is 4.42. The van der Waals surface area contributed by atoms with Crippen molar-refractivity contribution in [2.75, 3.05) is 0 Å². The van der Waals surface area contributed by atoms with Crippen LogP contribution in [0.4, 0.5) is 0 Å². The van der Waals surface area contributed by atoms with E-state index in [9.17, 15) is 9.90 Å². The van der Waals surface area contributed by atoms with E-state index in [1.165, 1.54) is 51.4 Å². The molecule has 0 radical (unpaired) electrons. The van der Waals surface area contributed by atoms with E-state index in [4.69, 9.17) is 0 Å². The summed E-state index contributed by atoms with van der Waals surface area (Å²) in [6.07, 6.45) is 14.6. The molecule has 0 heterocycles. The Morgan fingerprint density at radius 1 is 0.667 bits per heavy atom. The Kier molecular flexibility index (Phi) is 11.3. The SMILES string of the molecule is CCCCCCCCCCCCC(Cc1ccccc1)(Cc1ccccc1)C(=O)O. The first-order chi connectivity index (χ1) is 14.7. The molecule has 2 heteroatoms. The summed E-state index contributed by atoms with van der Waals surface area (Å²) in [5, 5.41) is 10.3. The first kappa shape index (κ1) is 24.2. The molecule has 0 aliphatic heterocycles. The van der Waals surface area contributed by atoms with Crippen LogP contribution in [-0.2, 0) is 17.6 Å². The van der Waals surface area contributed by atoms with Gasteiger partial charge in [0.1, 0.15) is 0 Å². The Labute approximate surface area is 183 Å². The fraction of sp³-hybridized carbons (Fsp3) is 0.536. The van der Waals surface area contributed by atoms with E-state index in [-0.39, 0.29) is 0 Å². The minimum Gasteiger partial charge on any atom is -0.481 e. The topological polar surface area (TPSA) is 37.3 Å². The third-order valence-corrected chi connectivity index (χ3v) is 6.23. The van der Waals surface area contributed by atoms with Crippen LogP contribution in [0.15, 0.2) is 60.7 Å². The van der Waals surface area contributed by atoms with Gasteiger partial charge in [0.25, 0.3) is 0 Å². The molecule has 0 amide bonds. The lowest BCUT2D eigenvalue weighted by Crippen LogP contribution is -2.36. The highest BCUT2D eigenvalue weighted by Gasteiger charge is 2.38. The van der Waals surface area contributed by atoms with Gasteiger partial charge in [0.05, 0.1) is 5.41 Å². The zero-order valence-corrected chi connectivity index (χ0v) is 18.8. The monoisotopic (exact) mass is 408 g/mol. The Morgan fingerprint density at radius 2 is 1.07 bits per heavy atom. The maximum absolute atomic E-state index is 12.5. The maximum Gasteiger partial charge on any atom is 0.310 e. The van der Waals surface area contributed by atoms with Crippen LogP contribution in [0.5, 0.6) is 0 Å². The zero-order valence-electron chi connectivity index (χ0n) is 18.8. The number of carboxylic acids is 1. The number of hydrogen-bond acceptors (Lipinski definition) is 1. The minimum atomic E-state index is -0.733. The zero-order chi connectivity index (χ0) is 21.5. The fourth-order valence-electron chi connectivity index (χ4n) is 4.42. The molecule has 0 bridgehead atoms. The van der Waals surface area contributed by atoms with Gasteiger partial charge in [-0.25, -0.2) is 0 Å². The number of carbonyl (C=O) groups is 1. The second kappa shape index (κ2) is 14.0. The van der Waals surface area contributed by atoms with Crippen LogP contribution in [0.1, 0.15) is 88.7 Å². The Hall–Kier alpha value is -2.09. The Morgan fingerprint density at radius 3 is 1.47 bits per heavy atom. The van der Waals surface area contributed by atoms with Crippen LogP contribution < -0.4 is 0 Å². The van der Waals surface area contributed by atoms with E-state index in [0.29, 0.717) is 12.8 Å². The molecule has 0 fully saturated rings. The van der Waals surface area contributed by atoms with Gasteiger partial charge < -0.3 is 5.11 Å². The number of aliphatic carboxylic acids is 1. The highest BCUT2D eigenvalue weighted by Crippen LogP contribution is 2.34. The van der Waals surface area contributed by atoms with Crippen LogP contribution in [0.2, 0.25) is 0 Å². The van der Waals surface area contributed by atoms with Crippen molar-refractivity contribution in [1.29, 1.82) is 0 Å². The first-order valence-corrected chi connectivity index (χ1v) is 12.0. The van der Waals surface area contributed by atoms with E-state index < -0.39 is 11.4 Å². The molecule has 2 aromatic rings. The number of carboxylic acid groups (broad SMARTS) is 1. The van der Waals surface area contributed by atoms with Crippen LogP contribution >= 0.6 is 0 Å². The van der Waals surface area contributed by atoms with Gasteiger partial charge in [-0.15, -0.1) is 0 Å². The summed E-state index contributed by atoms with van der Waals surface area (Å²) in [5.74, 6) is -0.661. The molecule has 2 aromatic carbocycles. The maximum atomic E-state index is 12.5. The van der Waals surface area contributed by atoms with Crippen molar-refractivity contribution in [1.82, 2.24) is 0 Å². The van der Waals surface area contributed by atoms with E-state index in [1.54, 1.807) is 0 Å². The largest absolute Gasteiger partial charge is 0.481 e. The van der Waals surface area contributed by atoms with Gasteiger partial charge in [0.15, 0.2) is 0 Å². The molecular weight excluding hydrogens is 368 g/mol. The highest BCUT2D eigenvalue weighted by molar-refractivity contribution is 5.75. The van der Waals surface area contributed by atoms with Gasteiger partial charge >= 0.3 is 5.97 Å². The summed E-state index contributed by atoms with van der Waals surface area (Å²) < 4.78 is 0. The van der Waals surface area contributed by atoms with E-state index in [2.05, 4.69) is 31.2 Å². The molecule has 0 spiro atoms. The van der Waals surface area contributed by atoms with Crippen molar-refractivity contribution in [2.45, 2.75) is 90.4 Å². The molecule has 164 valence electrons. The van der Waals surface area contributed by atoms with Crippen LogP contribution in [0.25, 0.3) is 0 Å². The predicted octanol–water partition coefficient (Wildman–Crippen LogP) is 7.85. The summed E-state index contributed by atoms with van der Waals surface area (Å²) in [6.45, 7) is 2.26. The second-order valence-electron chi connectivity index (χ2n) is 8.84. The second-order valence-corrected chi connectivity index (χ2v) is 8.84. The summed E-state index contributed by atoms with van der Waals surface area (Å²) >= 11 is 0. The van der Waals surface area contributed by atoms with E-state index in [0.717, 1.165) is 30.4 Å². The van der Waals surface area contributed by atoms with Crippen LogP contribution in [0, 0.1) is 5.41 Å². The number of unbranched alkanes of at least 4 members (excludes halogenated alkanes) is 9. The molecule has 0 aliphatic rings. The van der Waals surface area contributed by atoms with E-state index in [1.807, 2.05) is 36.4 Å². The standard InChI is InChI=1S/C28H40O2/c1-2-3-4-5-6-7-8-9-10-17-22-28(27(29)30,23-25-18-13-11-14-19-25)24-26-20-15-12-16-21-26/h11-16,18-21H,2-10,17,22-24H2,1H3,(H,29,30).